The molecule has 0 saturated heterocycles. The van der Waals surface area contributed by atoms with Gasteiger partial charge in [-0.2, -0.15) is 0 Å². The van der Waals surface area contributed by atoms with Gasteiger partial charge in [0.05, 0.1) is 0 Å². The highest BCUT2D eigenvalue weighted by molar-refractivity contribution is 9.10. The van der Waals surface area contributed by atoms with Crippen LogP contribution in [0, 0.1) is 0 Å². The Morgan fingerprint density at radius 1 is 1.53 bits per heavy atom. The van der Waals surface area contributed by atoms with Gasteiger partial charge in [-0.1, -0.05) is 33.6 Å². The monoisotopic (exact) mass is 291 g/mol. The zero-order valence-electron chi connectivity index (χ0n) is 8.63. The van der Waals surface area contributed by atoms with E-state index < -0.39 is 0 Å². The molecule has 1 atom stereocenters. The van der Waals surface area contributed by atoms with Crippen molar-refractivity contribution in [2.24, 2.45) is 0 Å². The summed E-state index contributed by atoms with van der Waals surface area (Å²) in [5.41, 5.74) is 1.07. The normalized spacial score (nSPS) is 12.8. The number of benzene rings is 1. The van der Waals surface area contributed by atoms with Crippen LogP contribution < -0.4 is 5.32 Å². The smallest absolute Gasteiger partial charge is 0.0462 e. The second-order valence-corrected chi connectivity index (χ2v) is 4.85. The maximum absolute atomic E-state index is 8.75. The van der Waals surface area contributed by atoms with Crippen LogP contribution in [0.15, 0.2) is 22.7 Å². The predicted molar refractivity (Wildman–Crippen MR) is 67.2 cm³/mol. The van der Waals surface area contributed by atoms with Gasteiger partial charge in [0.15, 0.2) is 0 Å². The van der Waals surface area contributed by atoms with Gasteiger partial charge in [0, 0.05) is 28.7 Å². The number of aliphatic hydroxyl groups is 1. The van der Waals surface area contributed by atoms with Crippen molar-refractivity contribution in [2.45, 2.75) is 25.9 Å². The second kappa shape index (κ2) is 6.48. The minimum atomic E-state index is 0.211. The van der Waals surface area contributed by atoms with Crippen molar-refractivity contribution >= 4 is 27.5 Å². The minimum absolute atomic E-state index is 0.211. The Morgan fingerprint density at radius 3 is 2.87 bits per heavy atom. The highest BCUT2D eigenvalue weighted by Gasteiger charge is 2.03. The maximum atomic E-state index is 8.75. The molecule has 1 unspecified atom stereocenters. The Bertz CT molecular complexity index is 319. The molecule has 84 valence electrons. The molecule has 0 aliphatic carbocycles. The Balaban J connectivity index is 2.50. The molecule has 4 heteroatoms. The average Bonchev–Trinajstić information content (AvgIpc) is 2.17. The van der Waals surface area contributed by atoms with E-state index in [9.17, 15) is 0 Å². The summed E-state index contributed by atoms with van der Waals surface area (Å²) in [7, 11) is 0. The van der Waals surface area contributed by atoms with Gasteiger partial charge in [0.2, 0.25) is 0 Å². The minimum Gasteiger partial charge on any atom is -0.396 e. The van der Waals surface area contributed by atoms with Crippen LogP contribution in [0.3, 0.4) is 0 Å². The molecular formula is C11H15BrClNO. The van der Waals surface area contributed by atoms with E-state index in [0.717, 1.165) is 28.0 Å². The quantitative estimate of drug-likeness (QED) is 0.874. The topological polar surface area (TPSA) is 32.3 Å². The van der Waals surface area contributed by atoms with Crippen LogP contribution >= 0.6 is 27.5 Å². The van der Waals surface area contributed by atoms with Gasteiger partial charge >= 0.3 is 0 Å². The highest BCUT2D eigenvalue weighted by atomic mass is 79.9. The highest BCUT2D eigenvalue weighted by Crippen LogP contribution is 2.21. The van der Waals surface area contributed by atoms with E-state index in [1.165, 1.54) is 0 Å². The summed E-state index contributed by atoms with van der Waals surface area (Å²) >= 11 is 9.43. The van der Waals surface area contributed by atoms with Gasteiger partial charge in [-0.3, -0.25) is 0 Å². The van der Waals surface area contributed by atoms with Crippen molar-refractivity contribution in [1.29, 1.82) is 0 Å². The Kier molecular flexibility index (Phi) is 5.61. The first-order chi connectivity index (χ1) is 7.13. The van der Waals surface area contributed by atoms with Crippen LogP contribution in [0.25, 0.3) is 0 Å². The lowest BCUT2D eigenvalue weighted by Crippen LogP contribution is -2.26. The average molecular weight is 293 g/mol. The van der Waals surface area contributed by atoms with Crippen molar-refractivity contribution in [3.63, 3.8) is 0 Å². The number of rotatable bonds is 5. The van der Waals surface area contributed by atoms with Crippen molar-refractivity contribution in [3.8, 4) is 0 Å². The Morgan fingerprint density at radius 2 is 2.27 bits per heavy atom. The fourth-order valence-corrected chi connectivity index (χ4v) is 1.99. The van der Waals surface area contributed by atoms with Crippen LogP contribution in [0.4, 0.5) is 0 Å². The van der Waals surface area contributed by atoms with E-state index in [4.69, 9.17) is 16.7 Å². The zero-order valence-corrected chi connectivity index (χ0v) is 11.0. The summed E-state index contributed by atoms with van der Waals surface area (Å²) in [6.45, 7) is 2.98. The summed E-state index contributed by atoms with van der Waals surface area (Å²) in [5.74, 6) is 0. The van der Waals surface area contributed by atoms with Crippen LogP contribution in [-0.4, -0.2) is 17.8 Å². The molecule has 0 aromatic heterocycles. The molecule has 0 radical (unpaired) electrons. The molecule has 0 amide bonds. The fourth-order valence-electron chi connectivity index (χ4n) is 1.24. The summed E-state index contributed by atoms with van der Waals surface area (Å²) in [6.07, 6.45) is 0.758. The molecule has 0 heterocycles. The molecule has 2 nitrogen and oxygen atoms in total. The standard InChI is InChI=1S/C11H15BrClNO/c1-8(4-5-15)14-7-9-2-3-10(12)6-11(9)13/h2-3,6,8,14-15H,4-5,7H2,1H3. The molecule has 0 aliphatic heterocycles. The molecule has 0 saturated carbocycles. The van der Waals surface area contributed by atoms with Crippen molar-refractivity contribution in [2.75, 3.05) is 6.61 Å². The van der Waals surface area contributed by atoms with Gasteiger partial charge < -0.3 is 10.4 Å². The third-order valence-corrected chi connectivity index (χ3v) is 3.06. The van der Waals surface area contributed by atoms with Gasteiger partial charge in [-0.15, -0.1) is 0 Å². The molecule has 0 fully saturated rings. The summed E-state index contributed by atoms with van der Waals surface area (Å²) in [6, 6.07) is 6.15. The van der Waals surface area contributed by atoms with E-state index in [2.05, 4.69) is 21.2 Å². The van der Waals surface area contributed by atoms with E-state index in [-0.39, 0.29) is 6.61 Å². The first-order valence-electron chi connectivity index (χ1n) is 4.91. The summed E-state index contributed by atoms with van der Waals surface area (Å²) in [5, 5.41) is 12.8. The predicted octanol–water partition coefficient (Wildman–Crippen LogP) is 2.96. The number of hydrogen-bond acceptors (Lipinski definition) is 2. The molecular weight excluding hydrogens is 277 g/mol. The number of aliphatic hydroxyl groups excluding tert-OH is 1. The molecule has 0 spiro atoms. The number of halogens is 2. The van der Waals surface area contributed by atoms with Crippen molar-refractivity contribution in [1.82, 2.24) is 5.32 Å². The zero-order chi connectivity index (χ0) is 11.3. The summed E-state index contributed by atoms with van der Waals surface area (Å²) < 4.78 is 0.986. The lowest BCUT2D eigenvalue weighted by molar-refractivity contribution is 0.268. The third-order valence-electron chi connectivity index (χ3n) is 2.22. The molecule has 1 rings (SSSR count). The number of nitrogens with one attached hydrogen (secondary N) is 1. The van der Waals surface area contributed by atoms with Gasteiger partial charge in [0.25, 0.3) is 0 Å². The van der Waals surface area contributed by atoms with E-state index in [1.807, 2.05) is 25.1 Å². The van der Waals surface area contributed by atoms with Crippen LogP contribution in [-0.2, 0) is 6.54 Å². The lowest BCUT2D eigenvalue weighted by Gasteiger charge is -2.13. The molecule has 0 aliphatic rings. The van der Waals surface area contributed by atoms with Crippen LogP contribution in [0.5, 0.6) is 0 Å². The molecule has 15 heavy (non-hydrogen) atoms. The van der Waals surface area contributed by atoms with Crippen molar-refractivity contribution in [3.05, 3.63) is 33.3 Å². The largest absolute Gasteiger partial charge is 0.396 e. The SMILES string of the molecule is CC(CCO)NCc1ccc(Br)cc1Cl. The fraction of sp³-hybridized carbons (Fsp3) is 0.455. The second-order valence-electron chi connectivity index (χ2n) is 3.53. The lowest BCUT2D eigenvalue weighted by atomic mass is 10.2. The molecule has 2 N–H and O–H groups in total. The molecule has 1 aromatic carbocycles. The van der Waals surface area contributed by atoms with Crippen LogP contribution in [0.1, 0.15) is 18.9 Å². The van der Waals surface area contributed by atoms with Gasteiger partial charge in [-0.05, 0) is 31.0 Å². The Labute approximate surface area is 104 Å². The van der Waals surface area contributed by atoms with E-state index in [1.54, 1.807) is 0 Å². The first kappa shape index (κ1) is 13.0. The Hall–Kier alpha value is -0.0900. The first-order valence-corrected chi connectivity index (χ1v) is 6.08. The maximum Gasteiger partial charge on any atom is 0.0462 e. The van der Waals surface area contributed by atoms with Gasteiger partial charge in [-0.25, -0.2) is 0 Å². The van der Waals surface area contributed by atoms with Crippen molar-refractivity contribution < 1.29 is 5.11 Å². The van der Waals surface area contributed by atoms with E-state index in [0.29, 0.717) is 6.04 Å². The third kappa shape index (κ3) is 4.51. The molecule has 1 aromatic rings. The van der Waals surface area contributed by atoms with E-state index >= 15 is 0 Å². The van der Waals surface area contributed by atoms with Crippen LogP contribution in [0.2, 0.25) is 5.02 Å². The molecule has 0 bridgehead atoms. The number of hydrogen-bond donors (Lipinski definition) is 2. The van der Waals surface area contributed by atoms with Gasteiger partial charge in [0.1, 0.15) is 0 Å². The summed E-state index contributed by atoms with van der Waals surface area (Å²) in [4.78, 5) is 0.